The molecule has 0 bridgehead atoms. The smallest absolute Gasteiger partial charge is 0.462 e. The van der Waals surface area contributed by atoms with Crippen molar-refractivity contribution in [1.82, 2.24) is 0 Å². The standard InChI is InChI=1S/C69H134O17P2/c1-7-9-11-13-14-15-16-17-18-22-25-28-34-40-46-52-67(72)80-58-65(86-68(73)53-47-41-35-29-26-23-20-19-21-24-27-32-38-43-49-61(3)4)60-84-88(77,78)82-56-63(70)55-81-87(75,76)83-59-64(57-79-66(71)51-45-37-12-10-8-2)85-69(74)54-48-42-36-31-30-33-39-44-50-62(5)6/h61-65,70H,7-60H2,1-6H3,(H,75,76)(H,77,78)/t63-,64+,65+/m0/s1. The molecule has 0 fully saturated rings. The van der Waals surface area contributed by atoms with Gasteiger partial charge in [-0.25, -0.2) is 9.13 Å². The van der Waals surface area contributed by atoms with Crippen LogP contribution < -0.4 is 0 Å². The van der Waals surface area contributed by atoms with Gasteiger partial charge in [0.1, 0.15) is 19.3 Å². The van der Waals surface area contributed by atoms with Crippen molar-refractivity contribution in [2.45, 2.75) is 368 Å². The van der Waals surface area contributed by atoms with Crippen molar-refractivity contribution in [2.24, 2.45) is 11.8 Å². The zero-order valence-electron chi connectivity index (χ0n) is 57.0. The van der Waals surface area contributed by atoms with Gasteiger partial charge < -0.3 is 33.8 Å². The van der Waals surface area contributed by atoms with E-state index in [-0.39, 0.29) is 25.7 Å². The molecule has 0 aliphatic heterocycles. The van der Waals surface area contributed by atoms with Crippen molar-refractivity contribution in [2.75, 3.05) is 39.6 Å². The fourth-order valence-corrected chi connectivity index (χ4v) is 12.0. The maximum absolute atomic E-state index is 13.0. The Morgan fingerprint density at radius 3 is 0.773 bits per heavy atom. The Balaban J connectivity index is 5.16. The molecule has 3 N–H and O–H groups in total. The molecule has 0 spiro atoms. The first kappa shape index (κ1) is 86.1. The van der Waals surface area contributed by atoms with Crippen LogP contribution in [0.15, 0.2) is 0 Å². The summed E-state index contributed by atoms with van der Waals surface area (Å²) in [5.74, 6) is -0.623. The van der Waals surface area contributed by atoms with Crippen molar-refractivity contribution in [3.05, 3.63) is 0 Å². The Hall–Kier alpha value is -1.94. The van der Waals surface area contributed by atoms with Gasteiger partial charge in [0, 0.05) is 25.7 Å². The van der Waals surface area contributed by atoms with Crippen LogP contribution in [0.5, 0.6) is 0 Å². The fourth-order valence-electron chi connectivity index (χ4n) is 10.4. The number of aliphatic hydroxyl groups is 1. The van der Waals surface area contributed by atoms with Crippen molar-refractivity contribution < 1.29 is 80.2 Å². The Kier molecular flexibility index (Phi) is 59.9. The van der Waals surface area contributed by atoms with E-state index in [0.29, 0.717) is 25.7 Å². The number of hydrogen-bond acceptors (Lipinski definition) is 15. The van der Waals surface area contributed by atoms with E-state index in [1.807, 2.05) is 0 Å². The molecular weight excluding hydrogens is 1160 g/mol. The average molecular weight is 1300 g/mol. The van der Waals surface area contributed by atoms with Crippen LogP contribution in [0.25, 0.3) is 0 Å². The number of carbonyl (C=O) groups is 4. The number of ether oxygens (including phenoxy) is 4. The molecule has 17 nitrogen and oxygen atoms in total. The van der Waals surface area contributed by atoms with E-state index < -0.39 is 97.5 Å². The quantitative estimate of drug-likeness (QED) is 0.0222. The lowest BCUT2D eigenvalue weighted by Crippen LogP contribution is -2.30. The molecule has 0 heterocycles. The lowest BCUT2D eigenvalue weighted by molar-refractivity contribution is -0.161. The minimum atomic E-state index is -4.95. The second-order valence-electron chi connectivity index (χ2n) is 25.9. The van der Waals surface area contributed by atoms with Gasteiger partial charge in [-0.2, -0.15) is 0 Å². The zero-order chi connectivity index (χ0) is 65.0. The first-order valence-corrected chi connectivity index (χ1v) is 39.0. The summed E-state index contributed by atoms with van der Waals surface area (Å²) >= 11 is 0. The Bertz CT molecular complexity index is 1720. The number of phosphoric ester groups is 2. The van der Waals surface area contributed by atoms with Gasteiger partial charge in [-0.1, -0.05) is 298 Å². The summed E-state index contributed by atoms with van der Waals surface area (Å²) in [6, 6.07) is 0. The number of hydrogen-bond donors (Lipinski definition) is 3. The Morgan fingerprint density at radius 2 is 0.523 bits per heavy atom. The van der Waals surface area contributed by atoms with E-state index >= 15 is 0 Å². The number of phosphoric acid groups is 2. The molecule has 0 aromatic rings. The van der Waals surface area contributed by atoms with Crippen LogP contribution in [-0.4, -0.2) is 96.7 Å². The summed E-state index contributed by atoms with van der Waals surface area (Å²) in [6.45, 7) is 9.43. The number of unbranched alkanes of at least 4 members (excludes halogenated alkanes) is 38. The van der Waals surface area contributed by atoms with Gasteiger partial charge in [0.25, 0.3) is 0 Å². The molecule has 0 aromatic heterocycles. The highest BCUT2D eigenvalue weighted by Crippen LogP contribution is 2.45. The Morgan fingerprint density at radius 1 is 0.307 bits per heavy atom. The summed E-state index contributed by atoms with van der Waals surface area (Å²) in [7, 11) is -9.89. The molecular formula is C69H134O17P2. The first-order chi connectivity index (χ1) is 42.4. The molecule has 19 heteroatoms. The van der Waals surface area contributed by atoms with Gasteiger partial charge in [0.05, 0.1) is 26.4 Å². The minimum absolute atomic E-state index is 0.104. The highest BCUT2D eigenvalue weighted by atomic mass is 31.2. The molecule has 2 unspecified atom stereocenters. The molecule has 0 amide bonds. The maximum Gasteiger partial charge on any atom is 0.472 e. The van der Waals surface area contributed by atoms with Crippen LogP contribution in [0.3, 0.4) is 0 Å². The number of aliphatic hydroxyl groups excluding tert-OH is 1. The molecule has 522 valence electrons. The average Bonchev–Trinajstić information content (AvgIpc) is 3.63. The largest absolute Gasteiger partial charge is 0.472 e. The van der Waals surface area contributed by atoms with Gasteiger partial charge >= 0.3 is 39.5 Å². The predicted octanol–water partition coefficient (Wildman–Crippen LogP) is 19.6. The van der Waals surface area contributed by atoms with Crippen LogP contribution in [0.2, 0.25) is 0 Å². The normalized spacial score (nSPS) is 14.2. The van der Waals surface area contributed by atoms with E-state index in [1.54, 1.807) is 0 Å². The topological polar surface area (TPSA) is 237 Å². The molecule has 5 atom stereocenters. The summed E-state index contributed by atoms with van der Waals surface area (Å²) in [5.41, 5.74) is 0. The van der Waals surface area contributed by atoms with Crippen LogP contribution >= 0.6 is 15.6 Å². The second kappa shape index (κ2) is 61.3. The molecule has 0 saturated heterocycles. The third kappa shape index (κ3) is 62.8. The van der Waals surface area contributed by atoms with Gasteiger partial charge in [-0.15, -0.1) is 0 Å². The van der Waals surface area contributed by atoms with Crippen LogP contribution in [-0.2, 0) is 65.4 Å². The zero-order valence-corrected chi connectivity index (χ0v) is 58.8. The summed E-state index contributed by atoms with van der Waals surface area (Å²) in [5, 5.41) is 10.5. The van der Waals surface area contributed by atoms with Crippen molar-refractivity contribution in [3.63, 3.8) is 0 Å². The first-order valence-electron chi connectivity index (χ1n) is 36.0. The van der Waals surface area contributed by atoms with Gasteiger partial charge in [0.2, 0.25) is 0 Å². The van der Waals surface area contributed by atoms with E-state index in [1.165, 1.54) is 161 Å². The summed E-state index contributed by atoms with van der Waals surface area (Å²) < 4.78 is 68.0. The van der Waals surface area contributed by atoms with Gasteiger partial charge in [0.15, 0.2) is 12.2 Å². The third-order valence-corrected chi connectivity index (χ3v) is 17.9. The fraction of sp³-hybridized carbons (Fsp3) is 0.942. The summed E-state index contributed by atoms with van der Waals surface area (Å²) in [4.78, 5) is 72.2. The molecule has 0 aliphatic carbocycles. The van der Waals surface area contributed by atoms with E-state index in [2.05, 4.69) is 41.5 Å². The summed E-state index contributed by atoms with van der Waals surface area (Å²) in [6.07, 6.45) is 46.2. The van der Waals surface area contributed by atoms with Crippen molar-refractivity contribution in [3.8, 4) is 0 Å². The monoisotopic (exact) mass is 1300 g/mol. The van der Waals surface area contributed by atoms with Crippen LogP contribution in [0.1, 0.15) is 350 Å². The van der Waals surface area contributed by atoms with Crippen molar-refractivity contribution >= 4 is 39.5 Å². The second-order valence-corrected chi connectivity index (χ2v) is 28.8. The number of rotatable bonds is 68. The molecule has 0 saturated carbocycles. The third-order valence-electron chi connectivity index (χ3n) is 16.0. The lowest BCUT2D eigenvalue weighted by atomic mass is 10.0. The van der Waals surface area contributed by atoms with Crippen LogP contribution in [0.4, 0.5) is 0 Å². The lowest BCUT2D eigenvalue weighted by Gasteiger charge is -2.21. The number of esters is 4. The molecule has 0 rings (SSSR count). The van der Waals surface area contributed by atoms with E-state index in [4.69, 9.17) is 37.0 Å². The van der Waals surface area contributed by atoms with Gasteiger partial charge in [-0.05, 0) is 37.5 Å². The molecule has 0 aromatic carbocycles. The van der Waals surface area contributed by atoms with E-state index in [0.717, 1.165) is 108 Å². The van der Waals surface area contributed by atoms with E-state index in [9.17, 15) is 43.2 Å². The highest BCUT2D eigenvalue weighted by molar-refractivity contribution is 7.47. The molecule has 0 aliphatic rings. The van der Waals surface area contributed by atoms with Crippen molar-refractivity contribution in [1.29, 1.82) is 0 Å². The molecule has 0 radical (unpaired) electrons. The predicted molar refractivity (Wildman–Crippen MR) is 354 cm³/mol. The SMILES string of the molecule is CCCCCCCCCCCCCCCCCC(=O)OC[C@H](COP(=O)(O)OC[C@@H](O)COP(=O)(O)OC[C@@H](COC(=O)CCCCCCC)OC(=O)CCCCCCCCCCC(C)C)OC(=O)CCCCCCCCCCCCCCCCC(C)C. The molecule has 88 heavy (non-hydrogen) atoms. The minimum Gasteiger partial charge on any atom is -0.462 e. The highest BCUT2D eigenvalue weighted by Gasteiger charge is 2.30. The number of carbonyl (C=O) groups excluding carboxylic acids is 4. The Labute approximate surface area is 537 Å². The van der Waals surface area contributed by atoms with Gasteiger partial charge in [-0.3, -0.25) is 37.3 Å². The van der Waals surface area contributed by atoms with Crippen LogP contribution in [0, 0.1) is 11.8 Å². The maximum atomic E-state index is 13.0.